The van der Waals surface area contributed by atoms with Crippen molar-refractivity contribution >= 4 is 15.9 Å². The van der Waals surface area contributed by atoms with Crippen LogP contribution in [0.5, 0.6) is 0 Å². The number of amides is 1. The number of ether oxygens (including phenoxy) is 1. The molecule has 0 aromatic rings. The van der Waals surface area contributed by atoms with Crippen molar-refractivity contribution in [3.05, 3.63) is 0 Å². The van der Waals surface area contributed by atoms with Gasteiger partial charge in [-0.1, -0.05) is 0 Å². The van der Waals surface area contributed by atoms with Gasteiger partial charge in [-0.25, -0.2) is 8.42 Å². The number of nitrogens with two attached hydrogens (primary N) is 1. The van der Waals surface area contributed by atoms with Gasteiger partial charge in [0.1, 0.15) is 6.04 Å². The average molecular weight is 208 g/mol. The Morgan fingerprint density at radius 3 is 2.62 bits per heavy atom. The fraction of sp³-hybridized carbons (Fsp3) is 0.833. The molecule has 2 N–H and O–H groups in total. The summed E-state index contributed by atoms with van der Waals surface area (Å²) in [6.45, 7) is 0.533. The van der Waals surface area contributed by atoms with Gasteiger partial charge in [-0.2, -0.15) is 4.31 Å². The molecular formula is C6H12N2O4S. The molecule has 0 radical (unpaired) electrons. The van der Waals surface area contributed by atoms with Crippen LogP contribution in [-0.4, -0.2) is 50.7 Å². The fourth-order valence-electron chi connectivity index (χ4n) is 1.21. The zero-order chi connectivity index (χ0) is 10.1. The predicted molar refractivity (Wildman–Crippen MR) is 45.4 cm³/mol. The van der Waals surface area contributed by atoms with Gasteiger partial charge in [-0.3, -0.25) is 4.79 Å². The maximum Gasteiger partial charge on any atom is 0.238 e. The Kier molecular flexibility index (Phi) is 2.89. The molecule has 0 aromatic carbocycles. The van der Waals surface area contributed by atoms with Crippen LogP contribution in [0.1, 0.15) is 0 Å². The van der Waals surface area contributed by atoms with E-state index in [9.17, 15) is 13.2 Å². The lowest BCUT2D eigenvalue weighted by Crippen LogP contribution is -2.54. The van der Waals surface area contributed by atoms with Crippen LogP contribution in [0.15, 0.2) is 0 Å². The van der Waals surface area contributed by atoms with Gasteiger partial charge in [-0.15, -0.1) is 0 Å². The van der Waals surface area contributed by atoms with Gasteiger partial charge in [0.05, 0.1) is 19.5 Å². The van der Waals surface area contributed by atoms with Crippen molar-refractivity contribution in [3.63, 3.8) is 0 Å². The van der Waals surface area contributed by atoms with Gasteiger partial charge in [0.25, 0.3) is 0 Å². The van der Waals surface area contributed by atoms with Crippen LogP contribution in [0.4, 0.5) is 0 Å². The van der Waals surface area contributed by atoms with E-state index in [4.69, 9.17) is 10.5 Å². The maximum atomic E-state index is 11.2. The highest BCUT2D eigenvalue weighted by Gasteiger charge is 2.33. The number of primary amides is 1. The quantitative estimate of drug-likeness (QED) is 0.575. The molecule has 0 bridgehead atoms. The Hall–Kier alpha value is -0.660. The average Bonchev–Trinajstić information content (AvgIpc) is 2.03. The molecule has 1 amide bonds. The molecule has 13 heavy (non-hydrogen) atoms. The van der Waals surface area contributed by atoms with E-state index < -0.39 is 22.0 Å². The standard InChI is InChI=1S/C6H12N2O4S/c1-13(10,11)8-2-3-12-4-5(8)6(7)9/h5H,2-4H2,1H3,(H2,7,9). The molecule has 1 saturated heterocycles. The molecule has 1 atom stereocenters. The van der Waals surface area contributed by atoms with E-state index in [0.717, 1.165) is 10.6 Å². The van der Waals surface area contributed by atoms with Crippen molar-refractivity contribution < 1.29 is 17.9 Å². The minimum atomic E-state index is -3.37. The van der Waals surface area contributed by atoms with Gasteiger partial charge in [0.15, 0.2) is 0 Å². The number of carbonyl (C=O) groups excluding carboxylic acids is 1. The highest BCUT2D eigenvalue weighted by molar-refractivity contribution is 7.88. The summed E-state index contributed by atoms with van der Waals surface area (Å²) >= 11 is 0. The Labute approximate surface area is 76.7 Å². The summed E-state index contributed by atoms with van der Waals surface area (Å²) < 4.78 is 28.4. The van der Waals surface area contributed by atoms with Crippen molar-refractivity contribution in [2.45, 2.75) is 6.04 Å². The van der Waals surface area contributed by atoms with Crippen molar-refractivity contribution in [1.29, 1.82) is 0 Å². The third-order valence-corrected chi connectivity index (χ3v) is 3.12. The van der Waals surface area contributed by atoms with E-state index in [1.54, 1.807) is 0 Å². The van der Waals surface area contributed by atoms with Crippen molar-refractivity contribution in [2.75, 3.05) is 26.0 Å². The molecular weight excluding hydrogens is 196 g/mol. The van der Waals surface area contributed by atoms with Gasteiger partial charge >= 0.3 is 0 Å². The van der Waals surface area contributed by atoms with Crippen molar-refractivity contribution in [1.82, 2.24) is 4.31 Å². The molecule has 1 fully saturated rings. The summed E-state index contributed by atoms with van der Waals surface area (Å²) in [5.41, 5.74) is 5.03. The first kappa shape index (κ1) is 10.4. The largest absolute Gasteiger partial charge is 0.378 e. The lowest BCUT2D eigenvalue weighted by Gasteiger charge is -2.31. The molecule has 1 aliphatic rings. The number of carbonyl (C=O) groups is 1. The summed E-state index contributed by atoms with van der Waals surface area (Å²) in [5.74, 6) is -0.676. The van der Waals surface area contributed by atoms with E-state index in [0.29, 0.717) is 6.61 Å². The molecule has 1 aliphatic heterocycles. The Morgan fingerprint density at radius 1 is 1.62 bits per heavy atom. The van der Waals surface area contributed by atoms with Crippen molar-refractivity contribution in [3.8, 4) is 0 Å². The van der Waals surface area contributed by atoms with Crippen LogP contribution in [0.25, 0.3) is 0 Å². The number of nitrogens with zero attached hydrogens (tertiary/aromatic N) is 1. The number of sulfonamides is 1. The second-order valence-corrected chi connectivity index (χ2v) is 4.80. The summed E-state index contributed by atoms with van der Waals surface area (Å²) in [6, 6.07) is -0.858. The summed E-state index contributed by atoms with van der Waals surface area (Å²) in [5, 5.41) is 0. The van der Waals surface area contributed by atoms with E-state index >= 15 is 0 Å². The molecule has 7 heteroatoms. The topological polar surface area (TPSA) is 89.7 Å². The lowest BCUT2D eigenvalue weighted by molar-refractivity contribution is -0.125. The maximum absolute atomic E-state index is 11.2. The Balaban J connectivity index is 2.86. The van der Waals surface area contributed by atoms with Crippen LogP contribution in [-0.2, 0) is 19.6 Å². The van der Waals surface area contributed by atoms with Gasteiger partial charge in [0, 0.05) is 6.54 Å². The van der Waals surface area contributed by atoms with Crippen LogP contribution >= 0.6 is 0 Å². The third kappa shape index (κ3) is 2.39. The number of hydrogen-bond donors (Lipinski definition) is 1. The first-order chi connectivity index (χ1) is 5.93. The summed E-state index contributed by atoms with van der Waals surface area (Å²) in [4.78, 5) is 10.8. The third-order valence-electron chi connectivity index (χ3n) is 1.83. The lowest BCUT2D eigenvalue weighted by atomic mass is 10.3. The number of hydrogen-bond acceptors (Lipinski definition) is 4. The molecule has 76 valence electrons. The highest BCUT2D eigenvalue weighted by Crippen LogP contribution is 2.10. The Morgan fingerprint density at radius 2 is 2.23 bits per heavy atom. The second-order valence-electron chi connectivity index (χ2n) is 2.87. The minimum absolute atomic E-state index is 0.0441. The minimum Gasteiger partial charge on any atom is -0.378 e. The molecule has 1 heterocycles. The highest BCUT2D eigenvalue weighted by atomic mass is 32.2. The van der Waals surface area contributed by atoms with Crippen LogP contribution in [0, 0.1) is 0 Å². The molecule has 0 spiro atoms. The molecule has 6 nitrogen and oxygen atoms in total. The number of morpholine rings is 1. The second kappa shape index (κ2) is 3.60. The van der Waals surface area contributed by atoms with Crippen LogP contribution < -0.4 is 5.73 Å². The molecule has 0 aliphatic carbocycles. The van der Waals surface area contributed by atoms with E-state index in [1.165, 1.54) is 0 Å². The SMILES string of the molecule is CS(=O)(=O)N1CCOCC1C(N)=O. The van der Waals surface area contributed by atoms with Crippen LogP contribution in [0.2, 0.25) is 0 Å². The molecule has 1 unspecified atom stereocenters. The van der Waals surface area contributed by atoms with Gasteiger partial charge in [0.2, 0.25) is 15.9 Å². The van der Waals surface area contributed by atoms with E-state index in [1.807, 2.05) is 0 Å². The van der Waals surface area contributed by atoms with Crippen LogP contribution in [0.3, 0.4) is 0 Å². The molecule has 0 aromatic heterocycles. The molecule has 0 saturated carbocycles. The zero-order valence-corrected chi connectivity index (χ0v) is 8.08. The smallest absolute Gasteiger partial charge is 0.238 e. The van der Waals surface area contributed by atoms with Gasteiger partial charge in [-0.05, 0) is 0 Å². The predicted octanol–water partition coefficient (Wildman–Crippen LogP) is -1.87. The first-order valence-corrected chi connectivity index (χ1v) is 5.61. The monoisotopic (exact) mass is 208 g/mol. The Bertz CT molecular complexity index is 300. The zero-order valence-electron chi connectivity index (χ0n) is 7.26. The summed E-state index contributed by atoms with van der Waals surface area (Å²) in [6.07, 6.45) is 1.05. The summed E-state index contributed by atoms with van der Waals surface area (Å²) in [7, 11) is -3.37. The van der Waals surface area contributed by atoms with Crippen molar-refractivity contribution in [2.24, 2.45) is 5.73 Å². The van der Waals surface area contributed by atoms with Gasteiger partial charge < -0.3 is 10.5 Å². The van der Waals surface area contributed by atoms with E-state index in [-0.39, 0.29) is 13.2 Å². The molecule has 1 rings (SSSR count). The normalized spacial score (nSPS) is 25.8. The number of rotatable bonds is 2. The first-order valence-electron chi connectivity index (χ1n) is 3.77. The van der Waals surface area contributed by atoms with E-state index in [2.05, 4.69) is 0 Å². The fourth-order valence-corrected chi connectivity index (χ4v) is 2.24.